The van der Waals surface area contributed by atoms with E-state index in [-0.39, 0.29) is 0 Å². The van der Waals surface area contributed by atoms with Crippen LogP contribution in [0.2, 0.25) is 0 Å². The summed E-state index contributed by atoms with van der Waals surface area (Å²) in [6.07, 6.45) is 2.19. The highest BCUT2D eigenvalue weighted by Crippen LogP contribution is 2.26. The van der Waals surface area contributed by atoms with Crippen LogP contribution in [-0.2, 0) is 6.42 Å². The van der Waals surface area contributed by atoms with E-state index in [9.17, 15) is 0 Å². The van der Waals surface area contributed by atoms with E-state index in [0.717, 1.165) is 12.8 Å². The number of anilines is 1. The summed E-state index contributed by atoms with van der Waals surface area (Å²) >= 11 is 0. The van der Waals surface area contributed by atoms with Gasteiger partial charge in [0.1, 0.15) is 0 Å². The lowest BCUT2D eigenvalue weighted by atomic mass is 10.0. The molecule has 0 aromatic heterocycles. The van der Waals surface area contributed by atoms with Gasteiger partial charge in [0.2, 0.25) is 0 Å². The summed E-state index contributed by atoms with van der Waals surface area (Å²) in [5.74, 6) is 0. The monoisotopic (exact) mass is 145 g/mol. The maximum atomic E-state index is 3.27. The van der Waals surface area contributed by atoms with Crippen molar-refractivity contribution in [3.63, 3.8) is 0 Å². The molecule has 56 valence electrons. The zero-order valence-corrected chi connectivity index (χ0v) is 6.67. The van der Waals surface area contributed by atoms with Crippen molar-refractivity contribution in [2.75, 3.05) is 11.9 Å². The minimum Gasteiger partial charge on any atom is -0.364 e. The van der Waals surface area contributed by atoms with E-state index in [4.69, 9.17) is 0 Å². The van der Waals surface area contributed by atoms with Gasteiger partial charge in [0.25, 0.3) is 0 Å². The fourth-order valence-corrected chi connectivity index (χ4v) is 1.49. The van der Waals surface area contributed by atoms with Gasteiger partial charge in [-0.15, -0.1) is 0 Å². The predicted molar refractivity (Wildman–Crippen MR) is 46.4 cm³/mol. The van der Waals surface area contributed by atoms with E-state index in [1.165, 1.54) is 11.3 Å². The Balaban J connectivity index is 2.44. The molecule has 1 heterocycles. The lowest BCUT2D eigenvalue weighted by Crippen LogP contribution is -2.19. The molecule has 1 heteroatoms. The molecule has 0 atom stereocenters. The number of fused-ring (bicyclic) bond motifs is 1. The van der Waals surface area contributed by atoms with Gasteiger partial charge in [0.15, 0.2) is 0 Å². The van der Waals surface area contributed by atoms with E-state index in [0.29, 0.717) is 0 Å². The van der Waals surface area contributed by atoms with Gasteiger partial charge in [-0.2, -0.15) is 0 Å². The van der Waals surface area contributed by atoms with Crippen molar-refractivity contribution >= 4 is 5.69 Å². The molecule has 0 unspecified atom stereocenters. The van der Waals surface area contributed by atoms with Crippen molar-refractivity contribution in [3.8, 4) is 0 Å². The summed E-state index contributed by atoms with van der Waals surface area (Å²) in [5, 5.41) is 0. The molecule has 0 N–H and O–H groups in total. The smallest absolute Gasteiger partial charge is 0.0911 e. The maximum absolute atomic E-state index is 3.27. The van der Waals surface area contributed by atoms with Crippen LogP contribution in [0.15, 0.2) is 24.3 Å². The van der Waals surface area contributed by atoms with Crippen molar-refractivity contribution < 1.29 is 0 Å². The summed E-state index contributed by atoms with van der Waals surface area (Å²) < 4.78 is 0. The normalized spacial score (nSPS) is 16.3. The van der Waals surface area contributed by atoms with Crippen LogP contribution in [0.25, 0.3) is 0 Å². The SMILES string of the molecule is CN1[C]CCc2ccccc21. The average molecular weight is 145 g/mol. The summed E-state index contributed by atoms with van der Waals surface area (Å²) in [4.78, 5) is 2.08. The first-order valence-electron chi connectivity index (χ1n) is 3.93. The van der Waals surface area contributed by atoms with Gasteiger partial charge in [0.05, 0.1) is 6.54 Å². The molecule has 1 aliphatic heterocycles. The van der Waals surface area contributed by atoms with E-state index in [1.807, 2.05) is 0 Å². The molecule has 0 amide bonds. The van der Waals surface area contributed by atoms with Crippen LogP contribution in [-0.4, -0.2) is 7.05 Å². The van der Waals surface area contributed by atoms with Crippen molar-refractivity contribution in [1.29, 1.82) is 0 Å². The Labute approximate surface area is 67.6 Å². The molecule has 2 radical (unpaired) electrons. The fraction of sp³-hybridized carbons (Fsp3) is 0.300. The Hall–Kier alpha value is -0.980. The van der Waals surface area contributed by atoms with Gasteiger partial charge in [-0.3, -0.25) is 0 Å². The number of hydrogen-bond donors (Lipinski definition) is 0. The van der Waals surface area contributed by atoms with Crippen LogP contribution in [0.3, 0.4) is 0 Å². The molecular formula is C10H11N. The zero-order chi connectivity index (χ0) is 7.68. The van der Waals surface area contributed by atoms with E-state index >= 15 is 0 Å². The third-order valence-electron chi connectivity index (χ3n) is 2.10. The number of rotatable bonds is 0. The minimum atomic E-state index is 1.05. The van der Waals surface area contributed by atoms with Crippen LogP contribution in [0, 0.1) is 6.54 Å². The second kappa shape index (κ2) is 2.57. The van der Waals surface area contributed by atoms with E-state index in [1.54, 1.807) is 0 Å². The third-order valence-corrected chi connectivity index (χ3v) is 2.10. The van der Waals surface area contributed by atoms with Gasteiger partial charge in [-0.1, -0.05) is 18.2 Å². The molecule has 0 saturated heterocycles. The Morgan fingerprint density at radius 3 is 3.00 bits per heavy atom. The Morgan fingerprint density at radius 1 is 1.36 bits per heavy atom. The molecule has 0 bridgehead atoms. The quantitative estimate of drug-likeness (QED) is 0.540. The van der Waals surface area contributed by atoms with Crippen LogP contribution >= 0.6 is 0 Å². The number of hydrogen-bond acceptors (Lipinski definition) is 1. The Bertz CT molecular complexity index is 255. The first-order valence-corrected chi connectivity index (χ1v) is 3.93. The lowest BCUT2D eigenvalue weighted by Gasteiger charge is -2.25. The van der Waals surface area contributed by atoms with Gasteiger partial charge >= 0.3 is 0 Å². The minimum absolute atomic E-state index is 1.05. The first-order chi connectivity index (χ1) is 5.38. The van der Waals surface area contributed by atoms with Crippen molar-refractivity contribution in [2.24, 2.45) is 0 Å². The van der Waals surface area contributed by atoms with Gasteiger partial charge in [-0.25, -0.2) is 0 Å². The largest absolute Gasteiger partial charge is 0.364 e. The third kappa shape index (κ3) is 1.11. The molecule has 1 nitrogen and oxygen atoms in total. The summed E-state index contributed by atoms with van der Waals surface area (Å²) in [5.41, 5.74) is 2.74. The number of para-hydroxylation sites is 1. The molecule has 0 fully saturated rings. The van der Waals surface area contributed by atoms with Crippen LogP contribution in [0.1, 0.15) is 12.0 Å². The highest BCUT2D eigenvalue weighted by Gasteiger charge is 2.12. The molecule has 1 aliphatic rings. The standard InChI is InChI=1S/C10H11N/c1-11-8-4-6-9-5-2-3-7-10(9)11/h2-3,5,7H,4,6H2,1H3. The Kier molecular flexibility index (Phi) is 1.57. The van der Waals surface area contributed by atoms with E-state index < -0.39 is 0 Å². The number of aryl methyl sites for hydroxylation is 1. The van der Waals surface area contributed by atoms with Crippen LogP contribution in [0.4, 0.5) is 5.69 Å². The van der Waals surface area contributed by atoms with Crippen LogP contribution in [0.5, 0.6) is 0 Å². The average Bonchev–Trinajstić information content (AvgIpc) is 2.06. The summed E-state index contributed by atoms with van der Waals surface area (Å²) in [6, 6.07) is 8.49. The highest BCUT2D eigenvalue weighted by molar-refractivity contribution is 5.56. The number of nitrogens with zero attached hydrogens (tertiary/aromatic N) is 1. The first kappa shape index (κ1) is 6.71. The maximum Gasteiger partial charge on any atom is 0.0911 e. The fourth-order valence-electron chi connectivity index (χ4n) is 1.49. The molecule has 0 aliphatic carbocycles. The molecule has 1 aromatic carbocycles. The van der Waals surface area contributed by atoms with Crippen molar-refractivity contribution in [3.05, 3.63) is 36.4 Å². The predicted octanol–water partition coefficient (Wildman–Crippen LogP) is 2.11. The molecular weight excluding hydrogens is 134 g/mol. The van der Waals surface area contributed by atoms with Gasteiger partial charge in [0, 0.05) is 12.7 Å². The summed E-state index contributed by atoms with van der Waals surface area (Å²) in [7, 11) is 2.05. The molecule has 2 rings (SSSR count). The van der Waals surface area contributed by atoms with Gasteiger partial charge < -0.3 is 4.90 Å². The molecule has 1 aromatic rings. The Morgan fingerprint density at radius 2 is 2.18 bits per heavy atom. The molecule has 0 saturated carbocycles. The molecule has 11 heavy (non-hydrogen) atoms. The van der Waals surface area contributed by atoms with E-state index in [2.05, 4.69) is 42.8 Å². The molecule has 0 spiro atoms. The second-order valence-corrected chi connectivity index (χ2v) is 2.85. The lowest BCUT2D eigenvalue weighted by molar-refractivity contribution is 0.832. The number of benzene rings is 1. The van der Waals surface area contributed by atoms with Crippen molar-refractivity contribution in [2.45, 2.75) is 12.8 Å². The second-order valence-electron chi connectivity index (χ2n) is 2.85. The topological polar surface area (TPSA) is 3.24 Å². The highest BCUT2D eigenvalue weighted by atomic mass is 15.1. The van der Waals surface area contributed by atoms with Crippen molar-refractivity contribution in [1.82, 2.24) is 0 Å². The summed E-state index contributed by atoms with van der Waals surface area (Å²) in [6.45, 7) is 3.27. The van der Waals surface area contributed by atoms with Crippen LogP contribution < -0.4 is 4.90 Å². The van der Waals surface area contributed by atoms with Gasteiger partial charge in [-0.05, 0) is 24.5 Å². The zero-order valence-electron chi connectivity index (χ0n) is 6.67.